The summed E-state index contributed by atoms with van der Waals surface area (Å²) in [5.41, 5.74) is 5.19. The quantitative estimate of drug-likeness (QED) is 0.282. The normalized spacial score (nSPS) is 27.4. The summed E-state index contributed by atoms with van der Waals surface area (Å²) in [5.74, 6) is -0.311. The number of ether oxygens (including phenoxy) is 1. The van der Waals surface area contributed by atoms with E-state index in [0.29, 0.717) is 6.61 Å². The summed E-state index contributed by atoms with van der Waals surface area (Å²) in [6.45, 7) is 6.76. The topological polar surface area (TPSA) is 96.9 Å². The van der Waals surface area contributed by atoms with Crippen molar-refractivity contribution < 1.29 is 14.7 Å². The van der Waals surface area contributed by atoms with Gasteiger partial charge in [0.25, 0.3) is 0 Å². The van der Waals surface area contributed by atoms with Gasteiger partial charge in [-0.3, -0.25) is 4.79 Å². The first-order chi connectivity index (χ1) is 7.91. The van der Waals surface area contributed by atoms with Crippen LogP contribution >= 0.6 is 0 Å². The Kier molecular flexibility index (Phi) is 4.34. The van der Waals surface area contributed by atoms with Crippen molar-refractivity contribution in [2.75, 3.05) is 6.61 Å². The zero-order chi connectivity index (χ0) is 13.1. The molecule has 0 saturated heterocycles. The molecule has 0 spiro atoms. The molecular formula is C11H21N3O3. The molecule has 17 heavy (non-hydrogen) atoms. The summed E-state index contributed by atoms with van der Waals surface area (Å²) in [6, 6.07) is 0.0815. The third kappa shape index (κ3) is 3.09. The molecule has 0 heterocycles. The van der Waals surface area contributed by atoms with E-state index in [1.54, 1.807) is 0 Å². The molecular weight excluding hydrogens is 222 g/mol. The highest BCUT2D eigenvalue weighted by molar-refractivity contribution is 5.98. The molecule has 6 heteroatoms. The Hall–Kier alpha value is -1.30. The lowest BCUT2D eigenvalue weighted by molar-refractivity contribution is -0.135. The smallest absolute Gasteiger partial charge is 0.227 e. The van der Waals surface area contributed by atoms with Crippen molar-refractivity contribution in [3.8, 4) is 0 Å². The molecule has 0 aromatic heterocycles. The van der Waals surface area contributed by atoms with E-state index in [1.807, 2.05) is 6.92 Å². The number of amides is 1. The lowest BCUT2D eigenvalue weighted by atomic mass is 9.64. The standard InChI is InChI=1S/C11H21N3O3/c1-4-17-8-5-7(11(8,2)3)13-10(15)6-9(12)14-16/h7-8,16H,4-6H2,1-3H3,(H2,12,14)(H,13,15). The first-order valence-corrected chi connectivity index (χ1v) is 5.79. The van der Waals surface area contributed by atoms with E-state index >= 15 is 0 Å². The molecule has 4 N–H and O–H groups in total. The monoisotopic (exact) mass is 243 g/mol. The third-order valence-corrected chi connectivity index (χ3v) is 3.35. The maximum Gasteiger partial charge on any atom is 0.227 e. The SMILES string of the molecule is CCOC1CC(NC(=O)CC(N)=NO)C1(C)C. The molecule has 1 fully saturated rings. The van der Waals surface area contributed by atoms with Gasteiger partial charge in [0.2, 0.25) is 5.91 Å². The molecule has 1 amide bonds. The average Bonchev–Trinajstić information content (AvgIpc) is 2.27. The number of hydrogen-bond acceptors (Lipinski definition) is 4. The first-order valence-electron chi connectivity index (χ1n) is 5.79. The predicted octanol–water partition coefficient (Wildman–Crippen LogP) is 0.443. The second-order valence-electron chi connectivity index (χ2n) is 4.89. The summed E-state index contributed by atoms with van der Waals surface area (Å²) in [4.78, 5) is 11.5. The molecule has 0 aromatic rings. The number of nitrogens with two attached hydrogens (primary N) is 1. The fourth-order valence-corrected chi connectivity index (χ4v) is 2.06. The van der Waals surface area contributed by atoms with Crippen molar-refractivity contribution in [2.24, 2.45) is 16.3 Å². The summed E-state index contributed by atoms with van der Waals surface area (Å²) >= 11 is 0. The first kappa shape index (κ1) is 13.8. The van der Waals surface area contributed by atoms with E-state index < -0.39 is 0 Å². The maximum atomic E-state index is 11.5. The fourth-order valence-electron chi connectivity index (χ4n) is 2.06. The molecule has 6 nitrogen and oxygen atoms in total. The number of carbonyl (C=O) groups excluding carboxylic acids is 1. The van der Waals surface area contributed by atoms with Gasteiger partial charge in [-0.1, -0.05) is 19.0 Å². The second-order valence-corrected chi connectivity index (χ2v) is 4.89. The van der Waals surface area contributed by atoms with Crippen LogP contribution in [0.4, 0.5) is 0 Å². The lowest BCUT2D eigenvalue weighted by Crippen LogP contribution is -2.62. The molecule has 1 aliphatic carbocycles. The van der Waals surface area contributed by atoms with Crippen LogP contribution in [0.5, 0.6) is 0 Å². The molecule has 98 valence electrons. The molecule has 0 aliphatic heterocycles. The van der Waals surface area contributed by atoms with Crippen LogP contribution in [0, 0.1) is 5.41 Å². The number of carbonyl (C=O) groups is 1. The van der Waals surface area contributed by atoms with Crippen molar-refractivity contribution in [1.29, 1.82) is 0 Å². The van der Waals surface area contributed by atoms with Gasteiger partial charge in [-0.2, -0.15) is 0 Å². The molecule has 1 rings (SSSR count). The molecule has 2 atom stereocenters. The Labute approximate surface area is 101 Å². The van der Waals surface area contributed by atoms with Crippen molar-refractivity contribution in [1.82, 2.24) is 5.32 Å². The van der Waals surface area contributed by atoms with Crippen molar-refractivity contribution in [3.05, 3.63) is 0 Å². The number of amidine groups is 1. The van der Waals surface area contributed by atoms with Crippen molar-refractivity contribution in [2.45, 2.75) is 45.8 Å². The molecule has 2 unspecified atom stereocenters. The minimum absolute atomic E-state index is 0.0726. The van der Waals surface area contributed by atoms with Crippen LogP contribution < -0.4 is 11.1 Å². The number of nitrogens with zero attached hydrogens (tertiary/aromatic N) is 1. The fraction of sp³-hybridized carbons (Fsp3) is 0.818. The number of rotatable bonds is 5. The summed E-state index contributed by atoms with van der Waals surface area (Å²) < 4.78 is 5.57. The van der Waals surface area contributed by atoms with Crippen LogP contribution in [0.2, 0.25) is 0 Å². The van der Waals surface area contributed by atoms with Crippen LogP contribution in [0.25, 0.3) is 0 Å². The highest BCUT2D eigenvalue weighted by Gasteiger charge is 2.49. The number of oxime groups is 1. The predicted molar refractivity (Wildman–Crippen MR) is 63.8 cm³/mol. The maximum absolute atomic E-state index is 11.5. The average molecular weight is 243 g/mol. The lowest BCUT2D eigenvalue weighted by Gasteiger charge is -2.51. The van der Waals surface area contributed by atoms with Crippen molar-refractivity contribution in [3.63, 3.8) is 0 Å². The van der Waals surface area contributed by atoms with E-state index in [-0.39, 0.29) is 35.7 Å². The van der Waals surface area contributed by atoms with Gasteiger partial charge in [0.05, 0.1) is 12.5 Å². The van der Waals surface area contributed by atoms with Crippen molar-refractivity contribution >= 4 is 11.7 Å². The number of nitrogens with one attached hydrogen (secondary N) is 1. The van der Waals surface area contributed by atoms with E-state index in [1.165, 1.54) is 0 Å². The minimum Gasteiger partial charge on any atom is -0.409 e. The highest BCUT2D eigenvalue weighted by atomic mass is 16.5. The molecule has 0 radical (unpaired) electrons. The molecule has 0 aromatic carbocycles. The van der Waals surface area contributed by atoms with Crippen LogP contribution in [0.3, 0.4) is 0 Å². The van der Waals surface area contributed by atoms with E-state index in [4.69, 9.17) is 15.7 Å². The number of hydrogen-bond donors (Lipinski definition) is 3. The van der Waals surface area contributed by atoms with Gasteiger partial charge in [0.15, 0.2) is 0 Å². The Balaban J connectivity index is 2.42. The highest BCUT2D eigenvalue weighted by Crippen LogP contribution is 2.42. The van der Waals surface area contributed by atoms with Crippen LogP contribution in [0.15, 0.2) is 5.16 Å². The van der Waals surface area contributed by atoms with Gasteiger partial charge < -0.3 is 21.0 Å². The van der Waals surface area contributed by atoms with Gasteiger partial charge in [-0.25, -0.2) is 0 Å². The van der Waals surface area contributed by atoms with Gasteiger partial charge in [0.1, 0.15) is 5.84 Å². The molecule has 0 bridgehead atoms. The van der Waals surface area contributed by atoms with Gasteiger partial charge in [-0.15, -0.1) is 0 Å². The second kappa shape index (κ2) is 5.35. The summed E-state index contributed by atoms with van der Waals surface area (Å²) in [7, 11) is 0. The zero-order valence-electron chi connectivity index (χ0n) is 10.6. The molecule has 1 saturated carbocycles. The van der Waals surface area contributed by atoms with Gasteiger partial charge >= 0.3 is 0 Å². The Morgan fingerprint density at radius 3 is 2.76 bits per heavy atom. The Bertz CT molecular complexity index is 315. The van der Waals surface area contributed by atoms with E-state index in [9.17, 15) is 4.79 Å². The molecule has 1 aliphatic rings. The van der Waals surface area contributed by atoms with Gasteiger partial charge in [-0.05, 0) is 13.3 Å². The summed E-state index contributed by atoms with van der Waals surface area (Å²) in [6.07, 6.45) is 0.909. The van der Waals surface area contributed by atoms with Gasteiger partial charge in [0, 0.05) is 18.1 Å². The largest absolute Gasteiger partial charge is 0.409 e. The van der Waals surface area contributed by atoms with E-state index in [2.05, 4.69) is 24.3 Å². The van der Waals surface area contributed by atoms with E-state index in [0.717, 1.165) is 6.42 Å². The third-order valence-electron chi connectivity index (χ3n) is 3.35. The van der Waals surface area contributed by atoms with Crippen LogP contribution in [0.1, 0.15) is 33.6 Å². The Morgan fingerprint density at radius 2 is 2.29 bits per heavy atom. The minimum atomic E-state index is -0.228. The zero-order valence-corrected chi connectivity index (χ0v) is 10.6. The van der Waals surface area contributed by atoms with Crippen LogP contribution in [-0.4, -0.2) is 35.7 Å². The summed E-state index contributed by atoms with van der Waals surface area (Å²) in [5, 5.41) is 14.0. The van der Waals surface area contributed by atoms with Crippen LogP contribution in [-0.2, 0) is 9.53 Å². The Morgan fingerprint density at radius 1 is 1.65 bits per heavy atom.